The van der Waals surface area contributed by atoms with Gasteiger partial charge in [0, 0.05) is 0 Å². The van der Waals surface area contributed by atoms with Crippen molar-refractivity contribution in [3.8, 4) is 0 Å². The summed E-state index contributed by atoms with van der Waals surface area (Å²) in [6, 6.07) is 0. The normalized spacial score (nSPS) is 10.9. The van der Waals surface area contributed by atoms with Crippen LogP contribution in [0.1, 0.15) is 0 Å². The van der Waals surface area contributed by atoms with Crippen LogP contribution in [-0.4, -0.2) is 15.0 Å². The lowest BCUT2D eigenvalue weighted by Crippen LogP contribution is -1.83. The van der Waals surface area contributed by atoms with Gasteiger partial charge < -0.3 is 0 Å². The van der Waals surface area contributed by atoms with Crippen molar-refractivity contribution in [3.05, 3.63) is 14.9 Å². The molecule has 0 atom stereocenters. The monoisotopic (exact) mass is 239 g/mol. The molecule has 0 saturated carbocycles. The van der Waals surface area contributed by atoms with E-state index in [-0.39, 0.29) is 10.4 Å². The number of halogens is 3. The molecule has 2 heterocycles. The summed E-state index contributed by atoms with van der Waals surface area (Å²) in [6.07, 6.45) is 0. The molecule has 3 nitrogen and oxygen atoms in total. The van der Waals surface area contributed by atoms with Crippen LogP contribution in [0.15, 0.2) is 0 Å². The van der Waals surface area contributed by atoms with Crippen LogP contribution in [0, 0.1) is 0 Å². The summed E-state index contributed by atoms with van der Waals surface area (Å²) >= 11 is 18.2. The molecule has 0 aliphatic carbocycles. The molecule has 0 radical (unpaired) electrons. The molecule has 2 aromatic rings. The molecule has 0 unspecified atom stereocenters. The number of thiazole rings is 1. The van der Waals surface area contributed by atoms with Gasteiger partial charge in [-0.1, -0.05) is 34.5 Å². The zero-order valence-corrected chi connectivity index (χ0v) is 8.47. The third-order valence-corrected chi connectivity index (χ3v) is 2.87. The quantitative estimate of drug-likeness (QED) is 0.525. The smallest absolute Gasteiger partial charge is 0.205 e. The zero-order chi connectivity index (χ0) is 8.72. The molecule has 0 fully saturated rings. The first-order valence-corrected chi connectivity index (χ1v) is 4.77. The molecule has 0 bridgehead atoms. The van der Waals surface area contributed by atoms with E-state index in [1.165, 1.54) is 11.3 Å². The summed E-state index contributed by atoms with van der Waals surface area (Å²) in [5.41, 5.74) is 0.440. The van der Waals surface area contributed by atoms with Crippen LogP contribution < -0.4 is 0 Å². The summed E-state index contributed by atoms with van der Waals surface area (Å²) < 4.78 is 1.04. The highest BCUT2D eigenvalue weighted by Gasteiger charge is 2.09. The van der Waals surface area contributed by atoms with Crippen LogP contribution in [0.5, 0.6) is 0 Å². The van der Waals surface area contributed by atoms with Gasteiger partial charge in [-0.2, -0.15) is 4.98 Å². The Labute approximate surface area is 86.3 Å². The summed E-state index contributed by atoms with van der Waals surface area (Å²) in [7, 11) is 0. The van der Waals surface area contributed by atoms with Crippen LogP contribution in [0.3, 0.4) is 0 Å². The molecule has 12 heavy (non-hydrogen) atoms. The lowest BCUT2D eigenvalue weighted by Gasteiger charge is -1.90. The molecule has 2 rings (SSSR count). The third kappa shape index (κ3) is 1.35. The SMILES string of the molecule is Clc1nc(Cl)c2sc(Cl)nc2n1. The molecule has 0 amide bonds. The van der Waals surface area contributed by atoms with E-state index in [2.05, 4.69) is 15.0 Å². The molecule has 0 N–H and O–H groups in total. The molecule has 7 heteroatoms. The number of fused-ring (bicyclic) bond motifs is 1. The Morgan fingerprint density at radius 3 is 2.50 bits per heavy atom. The number of hydrogen-bond donors (Lipinski definition) is 0. The zero-order valence-electron chi connectivity index (χ0n) is 5.38. The minimum atomic E-state index is 0.0782. The summed E-state index contributed by atoms with van der Waals surface area (Å²) in [5, 5.41) is 0.365. The van der Waals surface area contributed by atoms with E-state index in [4.69, 9.17) is 34.8 Å². The van der Waals surface area contributed by atoms with Gasteiger partial charge in [0.25, 0.3) is 0 Å². The van der Waals surface area contributed by atoms with Crippen LogP contribution in [0.4, 0.5) is 0 Å². The Kier molecular flexibility index (Phi) is 2.08. The maximum atomic E-state index is 5.75. The molecule has 0 spiro atoms. The average molecular weight is 241 g/mol. The number of nitrogens with zero attached hydrogens (tertiary/aromatic N) is 3. The van der Waals surface area contributed by atoms with Crippen molar-refractivity contribution in [2.45, 2.75) is 0 Å². The van der Waals surface area contributed by atoms with Gasteiger partial charge >= 0.3 is 0 Å². The molecule has 2 aromatic heterocycles. The van der Waals surface area contributed by atoms with Crippen LogP contribution in [0.25, 0.3) is 10.3 Å². The van der Waals surface area contributed by atoms with Gasteiger partial charge in [-0.05, 0) is 11.6 Å². The topological polar surface area (TPSA) is 38.7 Å². The first-order chi connectivity index (χ1) is 5.66. The van der Waals surface area contributed by atoms with E-state index < -0.39 is 0 Å². The molecule has 0 aromatic carbocycles. The maximum Gasteiger partial charge on any atom is 0.225 e. The predicted molar refractivity (Wildman–Crippen MR) is 50.2 cm³/mol. The maximum absolute atomic E-state index is 5.75. The van der Waals surface area contributed by atoms with Gasteiger partial charge in [-0.25, -0.2) is 9.97 Å². The molecular weight excluding hydrogens is 241 g/mol. The van der Waals surface area contributed by atoms with Gasteiger partial charge in [0.15, 0.2) is 15.3 Å². The minimum Gasteiger partial charge on any atom is -0.205 e. The predicted octanol–water partition coefficient (Wildman–Crippen LogP) is 3.05. The first kappa shape index (κ1) is 8.44. The van der Waals surface area contributed by atoms with Crippen LogP contribution in [0.2, 0.25) is 14.9 Å². The average Bonchev–Trinajstić information content (AvgIpc) is 2.29. The standard InChI is InChI=1S/C5Cl3N3S/c6-2-1-3(10-4(7)9-2)11-5(8)12-1. The lowest BCUT2D eigenvalue weighted by atomic mass is 10.6. The Morgan fingerprint density at radius 2 is 1.75 bits per heavy atom. The minimum absolute atomic E-state index is 0.0782. The number of hydrogen-bond acceptors (Lipinski definition) is 4. The Balaban J connectivity index is 2.88. The molecule has 0 aliphatic rings. The summed E-state index contributed by atoms with van der Waals surface area (Å²) in [5.74, 6) is 0. The second-order valence-corrected chi connectivity index (χ2v) is 4.18. The summed E-state index contributed by atoms with van der Waals surface area (Å²) in [4.78, 5) is 11.5. The largest absolute Gasteiger partial charge is 0.225 e. The van der Waals surface area contributed by atoms with E-state index in [9.17, 15) is 0 Å². The van der Waals surface area contributed by atoms with E-state index in [0.717, 1.165) is 0 Å². The van der Waals surface area contributed by atoms with Crippen molar-refractivity contribution >= 4 is 56.5 Å². The van der Waals surface area contributed by atoms with Crippen LogP contribution in [-0.2, 0) is 0 Å². The van der Waals surface area contributed by atoms with Crippen molar-refractivity contribution in [2.24, 2.45) is 0 Å². The number of aromatic nitrogens is 3. The fourth-order valence-corrected chi connectivity index (χ4v) is 2.15. The first-order valence-electron chi connectivity index (χ1n) is 2.82. The fourth-order valence-electron chi connectivity index (χ4n) is 0.741. The van der Waals surface area contributed by atoms with E-state index in [1.807, 2.05) is 0 Å². The Morgan fingerprint density at radius 1 is 1.00 bits per heavy atom. The molecule has 0 saturated heterocycles. The summed E-state index contributed by atoms with van der Waals surface area (Å²) in [6.45, 7) is 0. The second kappa shape index (κ2) is 2.96. The molecule has 0 aliphatic heterocycles. The van der Waals surface area contributed by atoms with Crippen molar-refractivity contribution in [2.75, 3.05) is 0 Å². The van der Waals surface area contributed by atoms with Gasteiger partial charge in [-0.3, -0.25) is 0 Å². The van der Waals surface area contributed by atoms with Gasteiger partial charge in [-0.15, -0.1) is 0 Å². The van der Waals surface area contributed by atoms with Crippen molar-refractivity contribution in [1.82, 2.24) is 15.0 Å². The van der Waals surface area contributed by atoms with E-state index >= 15 is 0 Å². The Bertz CT molecular complexity index is 441. The fraction of sp³-hybridized carbons (Fsp3) is 0. The third-order valence-electron chi connectivity index (χ3n) is 1.16. The van der Waals surface area contributed by atoms with E-state index in [1.54, 1.807) is 0 Å². The van der Waals surface area contributed by atoms with Gasteiger partial charge in [0.1, 0.15) is 4.70 Å². The van der Waals surface area contributed by atoms with Crippen molar-refractivity contribution < 1.29 is 0 Å². The van der Waals surface area contributed by atoms with E-state index in [0.29, 0.717) is 14.8 Å². The highest BCUT2D eigenvalue weighted by Crippen LogP contribution is 2.29. The number of rotatable bonds is 0. The highest BCUT2D eigenvalue weighted by molar-refractivity contribution is 7.22. The molecule has 62 valence electrons. The van der Waals surface area contributed by atoms with Gasteiger partial charge in [0.2, 0.25) is 5.28 Å². The van der Waals surface area contributed by atoms with Crippen molar-refractivity contribution in [1.29, 1.82) is 0 Å². The highest BCUT2D eigenvalue weighted by atomic mass is 35.5. The lowest BCUT2D eigenvalue weighted by molar-refractivity contribution is 1.20. The van der Waals surface area contributed by atoms with Crippen LogP contribution >= 0.6 is 46.1 Å². The van der Waals surface area contributed by atoms with Gasteiger partial charge in [0.05, 0.1) is 0 Å². The molecular formula is C5Cl3N3S. The Hall–Kier alpha value is -0.160. The van der Waals surface area contributed by atoms with Crippen molar-refractivity contribution in [3.63, 3.8) is 0 Å². The second-order valence-electron chi connectivity index (χ2n) is 1.90.